The average molecular weight is 631 g/mol. The molecule has 240 valence electrons. The summed E-state index contributed by atoms with van der Waals surface area (Å²) in [6, 6.07) is 1.34. The first-order valence-electron chi connectivity index (χ1n) is 15.4. The summed E-state index contributed by atoms with van der Waals surface area (Å²) in [6.45, 7) is 2.07. The number of halogens is 4. The molecule has 45 heavy (non-hydrogen) atoms. The second-order valence-corrected chi connectivity index (χ2v) is 12.9. The second-order valence-electron chi connectivity index (χ2n) is 12.9. The molecule has 8 heterocycles. The molecule has 0 saturated carbocycles. The van der Waals surface area contributed by atoms with Crippen molar-refractivity contribution < 1.29 is 31.8 Å². The number of ether oxygens (including phenoxy) is 3. The largest absolute Gasteiger partial charge is 0.472 e. The summed E-state index contributed by atoms with van der Waals surface area (Å²) in [4.78, 5) is 22.2. The van der Waals surface area contributed by atoms with E-state index in [-0.39, 0.29) is 76.0 Å². The smallest absolute Gasteiger partial charge is 0.387 e. The van der Waals surface area contributed by atoms with Gasteiger partial charge in [-0.1, -0.05) is 0 Å². The lowest BCUT2D eigenvalue weighted by Crippen LogP contribution is -2.62. The Balaban J connectivity index is 1.31. The fourth-order valence-corrected chi connectivity index (χ4v) is 8.28. The van der Waals surface area contributed by atoms with Crippen LogP contribution in [0.4, 0.5) is 29.2 Å². The van der Waals surface area contributed by atoms with E-state index < -0.39 is 30.2 Å². The average Bonchev–Trinajstić information content (AvgIpc) is 3.62. The highest BCUT2D eigenvalue weighted by molar-refractivity contribution is 5.97. The lowest BCUT2D eigenvalue weighted by Gasteiger charge is -2.42. The third kappa shape index (κ3) is 4.60. The zero-order chi connectivity index (χ0) is 31.2. The summed E-state index contributed by atoms with van der Waals surface area (Å²) in [5.41, 5.74) is 4.97. The maximum absolute atomic E-state index is 16.8. The molecule has 0 radical (unpaired) electrons. The van der Waals surface area contributed by atoms with E-state index in [0.717, 1.165) is 32.2 Å². The molecule has 5 aliphatic rings. The lowest BCUT2D eigenvalue weighted by molar-refractivity contribution is -0.0501. The van der Waals surface area contributed by atoms with E-state index in [1.807, 2.05) is 6.92 Å². The van der Waals surface area contributed by atoms with Crippen LogP contribution >= 0.6 is 0 Å². The number of pyridine rings is 2. The van der Waals surface area contributed by atoms with Gasteiger partial charge >= 0.3 is 12.6 Å². The summed E-state index contributed by atoms with van der Waals surface area (Å²) < 4.78 is 75.7. The topological polar surface area (TPSA) is 124 Å². The number of aryl methyl sites for hydroxylation is 1. The predicted molar refractivity (Wildman–Crippen MR) is 156 cm³/mol. The quantitative estimate of drug-likeness (QED) is 0.387. The summed E-state index contributed by atoms with van der Waals surface area (Å²) in [5.74, 6) is -0.787. The van der Waals surface area contributed by atoms with Crippen molar-refractivity contribution in [1.29, 1.82) is 0 Å². The minimum absolute atomic E-state index is 0.0275. The molecule has 0 spiro atoms. The Kier molecular flexibility index (Phi) is 6.64. The van der Waals surface area contributed by atoms with Crippen LogP contribution in [0.25, 0.3) is 22.2 Å². The normalized spacial score (nSPS) is 30.4. The summed E-state index contributed by atoms with van der Waals surface area (Å²) in [5, 5.41) is 3.92. The number of hydrogen-bond acceptors (Lipinski definition) is 11. The van der Waals surface area contributed by atoms with E-state index >= 15 is 4.39 Å². The predicted octanol–water partition coefficient (Wildman–Crippen LogP) is 3.76. The number of alkyl halides is 3. The summed E-state index contributed by atoms with van der Waals surface area (Å²) in [7, 11) is 0. The first kappa shape index (κ1) is 28.7. The minimum atomic E-state index is -3.20. The lowest BCUT2D eigenvalue weighted by atomic mass is 9.95. The molecule has 4 saturated heterocycles. The summed E-state index contributed by atoms with van der Waals surface area (Å²) >= 11 is 0. The monoisotopic (exact) mass is 630 g/mol. The zero-order valence-electron chi connectivity index (χ0n) is 24.9. The van der Waals surface area contributed by atoms with Gasteiger partial charge in [0.05, 0.1) is 22.8 Å². The number of fused-ring (bicyclic) bond motifs is 6. The number of nitrogens with zero attached hydrogens (tertiary/aromatic N) is 6. The number of aromatic nitrogens is 4. The van der Waals surface area contributed by atoms with Crippen molar-refractivity contribution in [3.8, 4) is 28.9 Å². The van der Waals surface area contributed by atoms with Gasteiger partial charge < -0.3 is 30.2 Å². The van der Waals surface area contributed by atoms with E-state index in [1.165, 1.54) is 13.0 Å². The van der Waals surface area contributed by atoms with Gasteiger partial charge in [-0.2, -0.15) is 18.7 Å². The number of piperazine rings is 1. The summed E-state index contributed by atoms with van der Waals surface area (Å²) in [6.07, 6.45) is 2.65. The first-order valence-corrected chi connectivity index (χ1v) is 15.4. The van der Waals surface area contributed by atoms with Gasteiger partial charge in [-0.05, 0) is 52.1 Å². The van der Waals surface area contributed by atoms with Crippen molar-refractivity contribution in [2.75, 3.05) is 36.9 Å². The Morgan fingerprint density at radius 2 is 2.04 bits per heavy atom. The maximum atomic E-state index is 16.8. The fraction of sp³-hybridized carbons (Fsp3) is 0.600. The highest BCUT2D eigenvalue weighted by Gasteiger charge is 2.50. The minimum Gasteiger partial charge on any atom is -0.472 e. The van der Waals surface area contributed by atoms with Crippen molar-refractivity contribution >= 4 is 22.5 Å². The molecule has 3 N–H and O–H groups in total. The van der Waals surface area contributed by atoms with Gasteiger partial charge in [0.25, 0.3) is 0 Å². The Bertz CT molecular complexity index is 1680. The molecule has 15 heteroatoms. The number of nitrogens with one attached hydrogen (secondary N) is 1. The van der Waals surface area contributed by atoms with E-state index in [9.17, 15) is 13.2 Å². The van der Waals surface area contributed by atoms with Gasteiger partial charge in [0.15, 0.2) is 11.6 Å². The molecule has 0 amide bonds. The molecule has 8 rings (SSSR count). The van der Waals surface area contributed by atoms with Gasteiger partial charge in [0.2, 0.25) is 5.88 Å². The molecular weight excluding hydrogens is 596 g/mol. The Labute approximate surface area is 256 Å². The molecule has 0 unspecified atom stereocenters. The van der Waals surface area contributed by atoms with Crippen LogP contribution in [0, 0.1) is 12.7 Å². The third-order valence-corrected chi connectivity index (χ3v) is 10.1. The number of nitrogen functional groups attached to an aromatic ring is 1. The molecule has 6 atom stereocenters. The van der Waals surface area contributed by atoms with Gasteiger partial charge in [0.1, 0.15) is 47.1 Å². The van der Waals surface area contributed by atoms with Gasteiger partial charge in [-0.15, -0.1) is 0 Å². The van der Waals surface area contributed by atoms with Crippen LogP contribution in [0.1, 0.15) is 44.7 Å². The molecule has 0 aromatic carbocycles. The van der Waals surface area contributed by atoms with E-state index in [4.69, 9.17) is 24.9 Å². The van der Waals surface area contributed by atoms with Crippen LogP contribution < -0.4 is 30.2 Å². The van der Waals surface area contributed by atoms with E-state index in [2.05, 4.69) is 30.1 Å². The van der Waals surface area contributed by atoms with Gasteiger partial charge in [-0.3, -0.25) is 4.90 Å². The zero-order valence-corrected chi connectivity index (χ0v) is 24.9. The molecule has 2 bridgehead atoms. The Morgan fingerprint density at radius 3 is 2.87 bits per heavy atom. The second kappa shape index (κ2) is 10.4. The number of nitrogens with two attached hydrogens (primary N) is 1. The van der Waals surface area contributed by atoms with Crippen LogP contribution in [0.3, 0.4) is 0 Å². The number of hydrogen-bond donors (Lipinski definition) is 2. The Hall–Kier alpha value is -3.72. The van der Waals surface area contributed by atoms with Crippen LogP contribution in [-0.4, -0.2) is 93.6 Å². The van der Waals surface area contributed by atoms with Crippen molar-refractivity contribution in [3.63, 3.8) is 0 Å². The number of anilines is 2. The van der Waals surface area contributed by atoms with Crippen LogP contribution in [-0.2, 0) is 0 Å². The van der Waals surface area contributed by atoms with Crippen LogP contribution in [0.5, 0.6) is 17.6 Å². The fourth-order valence-electron chi connectivity index (χ4n) is 8.28. The highest BCUT2D eigenvalue weighted by atomic mass is 19.3. The molecule has 3 aromatic heterocycles. The molecule has 4 fully saturated rings. The van der Waals surface area contributed by atoms with Crippen molar-refractivity contribution in [1.82, 2.24) is 30.2 Å². The molecule has 0 aliphatic carbocycles. The standard InChI is InChI=1S/C30H34F4N8O3/c1-13-25(45-28(33)34)17(8-19(35)36-13)22-21(32)23-20-26(40-29(39-23)43-12-30-6-3-7-41(30)10-15(31)9-30)42-11-16-4-5-18(37-16)24(42)14(2)44-27(20)38-22/h8,14-16,18,24,28,37H,3-7,9-12H2,1-2H3,(H2,35,36)/t14-,15+,16+,18-,24+,30-/m0/s1. The van der Waals surface area contributed by atoms with Crippen molar-refractivity contribution in [2.45, 2.75) is 88.5 Å². The van der Waals surface area contributed by atoms with Crippen molar-refractivity contribution in [3.05, 3.63) is 17.6 Å². The first-order chi connectivity index (χ1) is 21.6. The molecule has 11 nitrogen and oxygen atoms in total. The van der Waals surface area contributed by atoms with Crippen molar-refractivity contribution in [2.24, 2.45) is 0 Å². The SMILES string of the molecule is Cc1nc(N)cc(-c2nc3c4c(nc(OC[C@@]56CCCN5C[C@H](F)C6)nc4c2F)N2C[C@H]4CC[C@H](N4)[C@H]2[C@H](C)O3)c1OC(F)F. The molecular formula is C30H34F4N8O3. The molecule has 3 aromatic rings. The number of rotatable bonds is 6. The van der Waals surface area contributed by atoms with Gasteiger partial charge in [-0.25, -0.2) is 18.7 Å². The highest BCUT2D eigenvalue weighted by Crippen LogP contribution is 2.46. The van der Waals surface area contributed by atoms with Crippen LogP contribution in [0.2, 0.25) is 0 Å². The van der Waals surface area contributed by atoms with Crippen LogP contribution in [0.15, 0.2) is 6.07 Å². The van der Waals surface area contributed by atoms with E-state index in [0.29, 0.717) is 25.3 Å². The Morgan fingerprint density at radius 1 is 1.20 bits per heavy atom. The van der Waals surface area contributed by atoms with Gasteiger partial charge in [0, 0.05) is 31.6 Å². The third-order valence-electron chi connectivity index (χ3n) is 10.1. The maximum Gasteiger partial charge on any atom is 0.387 e. The van der Waals surface area contributed by atoms with E-state index in [1.54, 1.807) is 0 Å². The molecule has 5 aliphatic heterocycles.